The molecule has 4 rings (SSSR count). The van der Waals surface area contributed by atoms with Crippen LogP contribution in [0.4, 0.5) is 0 Å². The Kier molecular flexibility index (Phi) is 7.48. The van der Waals surface area contributed by atoms with Gasteiger partial charge in [-0.15, -0.1) is 0 Å². The third-order valence-electron chi connectivity index (χ3n) is 5.72. The van der Waals surface area contributed by atoms with Crippen molar-refractivity contribution in [2.24, 2.45) is 0 Å². The summed E-state index contributed by atoms with van der Waals surface area (Å²) in [4.78, 5) is 15.2. The predicted molar refractivity (Wildman–Crippen MR) is 124 cm³/mol. The van der Waals surface area contributed by atoms with E-state index in [4.69, 9.17) is 4.74 Å². The fraction of sp³-hybridized carbons (Fsp3) is 0.296. The van der Waals surface area contributed by atoms with Gasteiger partial charge in [0.25, 0.3) is 5.91 Å². The average Bonchev–Trinajstić information content (AvgIpc) is 3.32. The fourth-order valence-electron chi connectivity index (χ4n) is 4.01. The van der Waals surface area contributed by atoms with Crippen LogP contribution in [-0.2, 0) is 31.0 Å². The van der Waals surface area contributed by atoms with Gasteiger partial charge in [0.2, 0.25) is 0 Å². The lowest BCUT2D eigenvalue weighted by molar-refractivity contribution is 0.0947. The van der Waals surface area contributed by atoms with Crippen LogP contribution in [0.1, 0.15) is 45.5 Å². The monoisotopic (exact) mass is 414 g/mol. The van der Waals surface area contributed by atoms with Gasteiger partial charge in [0, 0.05) is 18.7 Å². The van der Waals surface area contributed by atoms with Crippen molar-refractivity contribution in [2.45, 2.75) is 39.1 Å². The van der Waals surface area contributed by atoms with Crippen molar-refractivity contribution < 1.29 is 9.53 Å². The Morgan fingerprint density at radius 3 is 2.32 bits per heavy atom. The Morgan fingerprint density at radius 2 is 1.52 bits per heavy atom. The van der Waals surface area contributed by atoms with E-state index < -0.39 is 0 Å². The molecule has 1 N–H and O–H groups in total. The molecular weight excluding hydrogens is 384 g/mol. The van der Waals surface area contributed by atoms with Crippen molar-refractivity contribution in [1.29, 1.82) is 0 Å². The predicted octanol–water partition coefficient (Wildman–Crippen LogP) is 4.93. The molecule has 1 saturated heterocycles. The lowest BCUT2D eigenvalue weighted by Crippen LogP contribution is -2.24. The first-order valence-electron chi connectivity index (χ1n) is 11.1. The summed E-state index contributed by atoms with van der Waals surface area (Å²) in [5, 5.41) is 3.08. The minimum Gasteiger partial charge on any atom is -0.372 e. The third kappa shape index (κ3) is 6.27. The molecule has 1 heterocycles. The molecule has 4 heteroatoms. The second-order valence-electron chi connectivity index (χ2n) is 8.11. The summed E-state index contributed by atoms with van der Waals surface area (Å²) in [6, 6.07) is 26.3. The van der Waals surface area contributed by atoms with Crippen molar-refractivity contribution in [3.63, 3.8) is 0 Å². The molecule has 1 fully saturated rings. The van der Waals surface area contributed by atoms with Gasteiger partial charge in [-0.2, -0.15) is 0 Å². The quantitative estimate of drug-likeness (QED) is 0.540. The van der Waals surface area contributed by atoms with Crippen LogP contribution in [-0.4, -0.2) is 23.9 Å². The summed E-state index contributed by atoms with van der Waals surface area (Å²) in [7, 11) is 0. The number of nitrogens with zero attached hydrogens (tertiary/aromatic N) is 1. The topological polar surface area (TPSA) is 41.6 Å². The normalized spacial score (nSPS) is 13.9. The van der Waals surface area contributed by atoms with Crippen LogP contribution in [0.25, 0.3) is 0 Å². The smallest absolute Gasteiger partial charge is 0.251 e. The molecule has 3 aromatic rings. The van der Waals surface area contributed by atoms with E-state index in [1.807, 2.05) is 54.6 Å². The van der Waals surface area contributed by atoms with Gasteiger partial charge in [0.05, 0.1) is 13.2 Å². The zero-order valence-corrected chi connectivity index (χ0v) is 17.9. The van der Waals surface area contributed by atoms with Gasteiger partial charge in [-0.3, -0.25) is 9.69 Å². The van der Waals surface area contributed by atoms with E-state index in [1.165, 1.54) is 18.4 Å². The van der Waals surface area contributed by atoms with E-state index in [1.54, 1.807) is 0 Å². The zero-order valence-electron chi connectivity index (χ0n) is 17.9. The molecule has 31 heavy (non-hydrogen) atoms. The number of amides is 1. The average molecular weight is 415 g/mol. The van der Waals surface area contributed by atoms with Crippen molar-refractivity contribution in [2.75, 3.05) is 13.1 Å². The lowest BCUT2D eigenvalue weighted by atomic mass is 10.1. The zero-order chi connectivity index (χ0) is 21.3. The summed E-state index contributed by atoms with van der Waals surface area (Å²) in [5.41, 5.74) is 5.25. The minimum absolute atomic E-state index is 0.0386. The first kappa shape index (κ1) is 21.3. The highest BCUT2D eigenvalue weighted by molar-refractivity contribution is 5.94. The summed E-state index contributed by atoms with van der Waals surface area (Å²) in [6.45, 7) is 4.81. The van der Waals surface area contributed by atoms with Crippen LogP contribution in [0.3, 0.4) is 0 Å². The van der Waals surface area contributed by atoms with Crippen molar-refractivity contribution in [3.8, 4) is 0 Å². The number of carbonyl (C=O) groups is 1. The van der Waals surface area contributed by atoms with Gasteiger partial charge >= 0.3 is 0 Å². The Balaban J connectivity index is 1.32. The maximum absolute atomic E-state index is 12.8. The summed E-state index contributed by atoms with van der Waals surface area (Å²) < 4.78 is 5.90. The van der Waals surface area contributed by atoms with E-state index in [2.05, 4.69) is 34.5 Å². The van der Waals surface area contributed by atoms with Crippen LogP contribution >= 0.6 is 0 Å². The lowest BCUT2D eigenvalue weighted by Gasteiger charge is -2.15. The van der Waals surface area contributed by atoms with E-state index in [9.17, 15) is 4.79 Å². The Morgan fingerprint density at radius 1 is 0.806 bits per heavy atom. The molecule has 0 unspecified atom stereocenters. The number of hydrogen-bond acceptors (Lipinski definition) is 3. The van der Waals surface area contributed by atoms with Gasteiger partial charge in [-0.05, 0) is 60.3 Å². The number of likely N-dealkylation sites (tertiary alicyclic amines) is 1. The number of nitrogens with one attached hydrogen (secondary N) is 1. The van der Waals surface area contributed by atoms with E-state index in [-0.39, 0.29) is 5.91 Å². The summed E-state index contributed by atoms with van der Waals surface area (Å²) >= 11 is 0. The second kappa shape index (κ2) is 10.9. The number of hydrogen-bond donors (Lipinski definition) is 1. The van der Waals surface area contributed by atoms with Crippen molar-refractivity contribution in [1.82, 2.24) is 10.2 Å². The van der Waals surface area contributed by atoms with Crippen LogP contribution in [0.2, 0.25) is 0 Å². The van der Waals surface area contributed by atoms with Crippen LogP contribution in [0, 0.1) is 0 Å². The second-order valence-corrected chi connectivity index (χ2v) is 8.11. The molecule has 4 nitrogen and oxygen atoms in total. The van der Waals surface area contributed by atoms with Crippen molar-refractivity contribution in [3.05, 3.63) is 107 Å². The van der Waals surface area contributed by atoms with Gasteiger partial charge in [-0.25, -0.2) is 0 Å². The van der Waals surface area contributed by atoms with Crippen LogP contribution in [0.15, 0.2) is 78.9 Å². The maximum Gasteiger partial charge on any atom is 0.251 e. The standard InChI is InChI=1S/C27H30N2O2/c30-27(24-14-8-11-23(17-24)19-29-15-6-7-16-29)28-18-25-12-4-5-13-26(25)21-31-20-22-9-2-1-3-10-22/h1-5,8-14,17H,6-7,15-16,18-21H2,(H,28,30). The number of benzene rings is 3. The third-order valence-corrected chi connectivity index (χ3v) is 5.72. The molecule has 0 bridgehead atoms. The molecule has 1 aliphatic heterocycles. The van der Waals surface area contributed by atoms with E-state index >= 15 is 0 Å². The molecule has 0 saturated carbocycles. The van der Waals surface area contributed by atoms with Gasteiger partial charge in [-0.1, -0.05) is 66.7 Å². The first-order valence-corrected chi connectivity index (χ1v) is 11.1. The van der Waals surface area contributed by atoms with Gasteiger partial charge < -0.3 is 10.1 Å². The maximum atomic E-state index is 12.8. The Labute approximate surface area is 184 Å². The van der Waals surface area contributed by atoms with Gasteiger partial charge in [0.1, 0.15) is 0 Å². The molecule has 1 amide bonds. The number of ether oxygens (including phenoxy) is 1. The molecule has 0 aliphatic carbocycles. The molecule has 0 radical (unpaired) electrons. The summed E-state index contributed by atoms with van der Waals surface area (Å²) in [6.07, 6.45) is 2.54. The Bertz CT molecular complexity index is 981. The molecule has 0 aromatic heterocycles. The number of rotatable bonds is 9. The fourth-order valence-corrected chi connectivity index (χ4v) is 4.01. The highest BCUT2D eigenvalue weighted by Gasteiger charge is 2.13. The summed E-state index contributed by atoms with van der Waals surface area (Å²) in [5.74, 6) is -0.0386. The van der Waals surface area contributed by atoms with Crippen molar-refractivity contribution >= 4 is 5.91 Å². The van der Waals surface area contributed by atoms with Crippen LogP contribution < -0.4 is 5.32 Å². The first-order chi connectivity index (χ1) is 15.3. The highest BCUT2D eigenvalue weighted by atomic mass is 16.5. The van der Waals surface area contributed by atoms with Gasteiger partial charge in [0.15, 0.2) is 0 Å². The molecule has 0 atom stereocenters. The molecule has 160 valence electrons. The van der Waals surface area contributed by atoms with E-state index in [0.29, 0.717) is 19.8 Å². The minimum atomic E-state index is -0.0386. The molecule has 0 spiro atoms. The van der Waals surface area contributed by atoms with Crippen LogP contribution in [0.5, 0.6) is 0 Å². The number of carbonyl (C=O) groups excluding carboxylic acids is 1. The molecule has 1 aliphatic rings. The molecule has 3 aromatic carbocycles. The largest absolute Gasteiger partial charge is 0.372 e. The highest BCUT2D eigenvalue weighted by Crippen LogP contribution is 2.15. The van der Waals surface area contributed by atoms with E-state index in [0.717, 1.165) is 41.9 Å². The molecular formula is C27H30N2O2. The SMILES string of the molecule is O=C(NCc1ccccc1COCc1ccccc1)c1cccc(CN2CCCC2)c1. The Hall–Kier alpha value is -2.95.